The van der Waals surface area contributed by atoms with Gasteiger partial charge in [0.25, 0.3) is 0 Å². The highest BCUT2D eigenvalue weighted by molar-refractivity contribution is 5.42. The summed E-state index contributed by atoms with van der Waals surface area (Å²) < 4.78 is 5.62. The standard InChI is InChI=1S/C16H26N2O/c1-4-9-18(10-5-2)14-12-17-11-13-7-6-8-15(19-3)16(13)14/h6-8,14,17H,4-5,9-12H2,1-3H3/p+2/t14-/m1/s1. The Hall–Kier alpha value is -1.06. The minimum atomic E-state index is 0.583. The molecule has 1 aromatic rings. The molecule has 1 aliphatic heterocycles. The number of benzene rings is 1. The summed E-state index contributed by atoms with van der Waals surface area (Å²) in [5.74, 6) is 1.08. The number of fused-ring (bicyclic) bond motifs is 1. The molecule has 1 atom stereocenters. The Labute approximate surface area is 116 Å². The summed E-state index contributed by atoms with van der Waals surface area (Å²) in [5, 5.41) is 2.44. The van der Waals surface area contributed by atoms with E-state index in [0.717, 1.165) is 12.3 Å². The Kier molecular flexibility index (Phi) is 5.23. The van der Waals surface area contributed by atoms with E-state index in [9.17, 15) is 0 Å². The van der Waals surface area contributed by atoms with Gasteiger partial charge in [0.05, 0.1) is 25.8 Å². The molecule has 0 aromatic heterocycles. The van der Waals surface area contributed by atoms with Gasteiger partial charge in [-0.1, -0.05) is 26.0 Å². The van der Waals surface area contributed by atoms with E-state index in [1.807, 2.05) is 0 Å². The Morgan fingerprint density at radius 2 is 2.00 bits per heavy atom. The highest BCUT2D eigenvalue weighted by Gasteiger charge is 2.33. The first-order chi connectivity index (χ1) is 9.31. The smallest absolute Gasteiger partial charge is 0.167 e. The van der Waals surface area contributed by atoms with Gasteiger partial charge in [0.2, 0.25) is 0 Å². The fourth-order valence-electron chi connectivity index (χ4n) is 3.35. The molecule has 0 saturated heterocycles. The molecule has 106 valence electrons. The van der Waals surface area contributed by atoms with Crippen LogP contribution in [0.3, 0.4) is 0 Å². The molecule has 1 aliphatic rings. The van der Waals surface area contributed by atoms with Crippen LogP contribution in [0.4, 0.5) is 0 Å². The van der Waals surface area contributed by atoms with Gasteiger partial charge < -0.3 is 15.0 Å². The third-order valence-corrected chi connectivity index (χ3v) is 4.13. The van der Waals surface area contributed by atoms with Crippen LogP contribution >= 0.6 is 0 Å². The molecule has 0 saturated carbocycles. The fraction of sp³-hybridized carbons (Fsp3) is 0.625. The van der Waals surface area contributed by atoms with Gasteiger partial charge in [-0.05, 0) is 18.9 Å². The average molecular weight is 264 g/mol. The maximum atomic E-state index is 5.62. The van der Waals surface area contributed by atoms with E-state index in [0.29, 0.717) is 6.04 Å². The SMILES string of the molecule is CCC[NH+](CCC)[C@@H]1C[NH2+]Cc2cccc(OC)c21. The van der Waals surface area contributed by atoms with E-state index in [2.05, 4.69) is 37.4 Å². The van der Waals surface area contributed by atoms with Gasteiger partial charge in [-0.15, -0.1) is 0 Å². The second kappa shape index (κ2) is 6.92. The van der Waals surface area contributed by atoms with Crippen LogP contribution in [-0.2, 0) is 6.54 Å². The highest BCUT2D eigenvalue weighted by Crippen LogP contribution is 2.28. The molecule has 0 fully saturated rings. The highest BCUT2D eigenvalue weighted by atomic mass is 16.5. The number of methoxy groups -OCH3 is 1. The lowest BCUT2D eigenvalue weighted by Gasteiger charge is -2.32. The summed E-state index contributed by atoms with van der Waals surface area (Å²) in [4.78, 5) is 1.71. The second-order valence-electron chi connectivity index (χ2n) is 5.47. The summed E-state index contributed by atoms with van der Waals surface area (Å²) in [6.45, 7) is 9.35. The molecule has 0 radical (unpaired) electrons. The van der Waals surface area contributed by atoms with Gasteiger partial charge in [-0.25, -0.2) is 0 Å². The molecular formula is C16H28N2O+2. The van der Waals surface area contributed by atoms with Gasteiger partial charge in [0.15, 0.2) is 6.04 Å². The van der Waals surface area contributed by atoms with Crippen LogP contribution in [0.25, 0.3) is 0 Å². The van der Waals surface area contributed by atoms with E-state index < -0.39 is 0 Å². The molecule has 0 bridgehead atoms. The lowest BCUT2D eigenvalue weighted by Crippen LogP contribution is -3.15. The molecule has 0 spiro atoms. The minimum Gasteiger partial charge on any atom is -0.496 e. The van der Waals surface area contributed by atoms with Crippen LogP contribution in [0.5, 0.6) is 5.75 Å². The molecule has 19 heavy (non-hydrogen) atoms. The number of nitrogens with one attached hydrogen (secondary N) is 1. The van der Waals surface area contributed by atoms with Crippen LogP contribution in [0.15, 0.2) is 18.2 Å². The van der Waals surface area contributed by atoms with E-state index in [-0.39, 0.29) is 0 Å². The molecule has 0 amide bonds. The summed E-state index contributed by atoms with van der Waals surface area (Å²) in [5.41, 5.74) is 2.92. The van der Waals surface area contributed by atoms with Crippen molar-refractivity contribution < 1.29 is 15.0 Å². The Bertz CT molecular complexity index is 385. The molecule has 0 aliphatic carbocycles. The molecule has 2 rings (SSSR count). The zero-order valence-corrected chi connectivity index (χ0v) is 12.5. The number of quaternary nitrogens is 2. The van der Waals surface area contributed by atoms with Gasteiger partial charge in [-0.2, -0.15) is 0 Å². The molecule has 0 unspecified atom stereocenters. The summed E-state index contributed by atoms with van der Waals surface area (Å²) >= 11 is 0. The lowest BCUT2D eigenvalue weighted by molar-refractivity contribution is -0.948. The third-order valence-electron chi connectivity index (χ3n) is 4.13. The molecule has 3 heteroatoms. The first-order valence-corrected chi connectivity index (χ1v) is 7.63. The van der Waals surface area contributed by atoms with Crippen molar-refractivity contribution in [1.82, 2.24) is 0 Å². The zero-order valence-electron chi connectivity index (χ0n) is 12.5. The molecular weight excluding hydrogens is 236 g/mol. The van der Waals surface area contributed by atoms with E-state index in [4.69, 9.17) is 4.74 Å². The maximum absolute atomic E-state index is 5.62. The van der Waals surface area contributed by atoms with Gasteiger partial charge in [-0.3, -0.25) is 0 Å². The normalized spacial score (nSPS) is 18.4. The number of ether oxygens (including phenoxy) is 1. The van der Waals surface area contributed by atoms with Crippen molar-refractivity contribution in [2.24, 2.45) is 0 Å². The summed E-state index contributed by atoms with van der Waals surface area (Å²) in [6.07, 6.45) is 2.49. The topological polar surface area (TPSA) is 30.3 Å². The third kappa shape index (κ3) is 3.10. The Morgan fingerprint density at radius 3 is 2.63 bits per heavy atom. The van der Waals surface area contributed by atoms with Crippen molar-refractivity contribution in [1.29, 1.82) is 0 Å². The van der Waals surface area contributed by atoms with Crippen LogP contribution in [0, 0.1) is 0 Å². The number of rotatable bonds is 6. The van der Waals surface area contributed by atoms with Gasteiger partial charge in [0.1, 0.15) is 18.8 Å². The Morgan fingerprint density at radius 1 is 1.26 bits per heavy atom. The minimum absolute atomic E-state index is 0.583. The number of hydrogen-bond acceptors (Lipinski definition) is 1. The predicted octanol–water partition coefficient (Wildman–Crippen LogP) is 0.518. The van der Waals surface area contributed by atoms with E-state index in [1.165, 1.54) is 43.6 Å². The zero-order chi connectivity index (χ0) is 13.7. The average Bonchev–Trinajstić information content (AvgIpc) is 2.45. The number of nitrogens with two attached hydrogens (primary N) is 1. The van der Waals surface area contributed by atoms with Crippen molar-refractivity contribution in [2.45, 2.75) is 39.3 Å². The maximum Gasteiger partial charge on any atom is 0.167 e. The molecule has 1 aromatic carbocycles. The monoisotopic (exact) mass is 264 g/mol. The predicted molar refractivity (Wildman–Crippen MR) is 77.5 cm³/mol. The molecule has 3 nitrogen and oxygen atoms in total. The van der Waals surface area contributed by atoms with Crippen molar-refractivity contribution in [3.63, 3.8) is 0 Å². The van der Waals surface area contributed by atoms with Crippen LogP contribution in [0.1, 0.15) is 43.9 Å². The fourth-order valence-corrected chi connectivity index (χ4v) is 3.35. The van der Waals surface area contributed by atoms with Crippen molar-refractivity contribution >= 4 is 0 Å². The van der Waals surface area contributed by atoms with Crippen LogP contribution < -0.4 is 15.0 Å². The molecule has 1 heterocycles. The summed E-state index contributed by atoms with van der Waals surface area (Å²) in [6, 6.07) is 7.08. The van der Waals surface area contributed by atoms with Crippen molar-refractivity contribution in [3.8, 4) is 5.75 Å². The van der Waals surface area contributed by atoms with Crippen molar-refractivity contribution in [3.05, 3.63) is 29.3 Å². The first kappa shape index (κ1) is 14.4. The quantitative estimate of drug-likeness (QED) is 0.771. The molecule has 3 N–H and O–H groups in total. The Balaban J connectivity index is 2.33. The van der Waals surface area contributed by atoms with Crippen molar-refractivity contribution in [2.75, 3.05) is 26.7 Å². The lowest BCUT2D eigenvalue weighted by atomic mass is 9.94. The first-order valence-electron chi connectivity index (χ1n) is 7.63. The van der Waals surface area contributed by atoms with Crippen LogP contribution in [0.2, 0.25) is 0 Å². The van der Waals surface area contributed by atoms with Gasteiger partial charge >= 0.3 is 0 Å². The van der Waals surface area contributed by atoms with E-state index >= 15 is 0 Å². The van der Waals surface area contributed by atoms with Gasteiger partial charge in [0, 0.05) is 5.56 Å². The van der Waals surface area contributed by atoms with E-state index in [1.54, 1.807) is 12.0 Å². The largest absolute Gasteiger partial charge is 0.496 e. The number of hydrogen-bond donors (Lipinski definition) is 2. The van der Waals surface area contributed by atoms with Crippen LogP contribution in [-0.4, -0.2) is 26.7 Å². The summed E-state index contributed by atoms with van der Waals surface area (Å²) in [7, 11) is 1.80. The second-order valence-corrected chi connectivity index (χ2v) is 5.47.